The second-order valence-electron chi connectivity index (χ2n) is 2.99. The molecule has 0 radical (unpaired) electrons. The van der Waals surface area contributed by atoms with Crippen LogP contribution in [0.15, 0.2) is 4.99 Å². The lowest BCUT2D eigenvalue weighted by Gasteiger charge is -2.15. The van der Waals surface area contributed by atoms with Gasteiger partial charge in [0, 0.05) is 5.56 Å². The Morgan fingerprint density at radius 3 is 1.71 bits per heavy atom. The van der Waals surface area contributed by atoms with Crippen LogP contribution in [-0.2, 0) is 6.42 Å². The van der Waals surface area contributed by atoms with Crippen molar-refractivity contribution in [2.45, 2.75) is 13.3 Å². The molecule has 5 heteroatoms. The zero-order valence-corrected chi connectivity index (χ0v) is 8.17. The molecule has 0 aromatic heterocycles. The van der Waals surface area contributed by atoms with Crippen molar-refractivity contribution < 1.29 is 0 Å². The Morgan fingerprint density at radius 2 is 1.43 bits per heavy atom. The molecule has 0 aliphatic heterocycles. The van der Waals surface area contributed by atoms with Crippen LogP contribution < -0.4 is 22.9 Å². The summed E-state index contributed by atoms with van der Waals surface area (Å²) in [6.07, 6.45) is 0.684. The largest absolute Gasteiger partial charge is 0.397 e. The number of benzene rings is 1. The number of rotatable bonds is 2. The first-order valence-electron chi connectivity index (χ1n) is 4.26. The molecule has 0 aliphatic carbocycles. The highest BCUT2D eigenvalue weighted by Gasteiger charge is 2.15. The molecule has 0 unspecified atom stereocenters. The highest BCUT2D eigenvalue weighted by atomic mass is 14.8. The average Bonchev–Trinajstić information content (AvgIpc) is 2.17. The van der Waals surface area contributed by atoms with Crippen molar-refractivity contribution in [2.24, 2.45) is 4.99 Å². The summed E-state index contributed by atoms with van der Waals surface area (Å²) in [5, 5.41) is 0. The van der Waals surface area contributed by atoms with E-state index in [1.54, 1.807) is 0 Å². The van der Waals surface area contributed by atoms with Gasteiger partial charge < -0.3 is 22.9 Å². The van der Waals surface area contributed by atoms with Gasteiger partial charge in [-0.05, 0) is 13.1 Å². The van der Waals surface area contributed by atoms with Crippen LogP contribution in [-0.4, -0.2) is 6.72 Å². The van der Waals surface area contributed by atoms with Crippen molar-refractivity contribution in [3.05, 3.63) is 5.56 Å². The Morgan fingerprint density at radius 1 is 1.00 bits per heavy atom. The van der Waals surface area contributed by atoms with Crippen LogP contribution in [0.25, 0.3) is 0 Å². The van der Waals surface area contributed by atoms with E-state index in [4.69, 9.17) is 22.9 Å². The quantitative estimate of drug-likeness (QED) is 0.412. The van der Waals surface area contributed by atoms with Crippen LogP contribution in [0.5, 0.6) is 0 Å². The third-order valence-electron chi connectivity index (χ3n) is 2.25. The second-order valence-corrected chi connectivity index (χ2v) is 2.99. The first kappa shape index (κ1) is 10.2. The number of anilines is 4. The molecule has 0 saturated heterocycles. The van der Waals surface area contributed by atoms with Gasteiger partial charge in [0.1, 0.15) is 5.69 Å². The minimum Gasteiger partial charge on any atom is -0.397 e. The molecule has 1 aromatic carbocycles. The third kappa shape index (κ3) is 1.22. The van der Waals surface area contributed by atoms with E-state index in [0.717, 1.165) is 5.56 Å². The van der Waals surface area contributed by atoms with Crippen molar-refractivity contribution in [3.63, 3.8) is 0 Å². The summed E-state index contributed by atoms with van der Waals surface area (Å²) in [5.74, 6) is 0. The van der Waals surface area contributed by atoms with Gasteiger partial charge in [-0.15, -0.1) is 0 Å². The van der Waals surface area contributed by atoms with E-state index in [2.05, 4.69) is 11.7 Å². The van der Waals surface area contributed by atoms with E-state index in [1.165, 1.54) is 0 Å². The summed E-state index contributed by atoms with van der Waals surface area (Å²) in [5.41, 5.74) is 25.8. The topological polar surface area (TPSA) is 116 Å². The minimum absolute atomic E-state index is 0.351. The van der Waals surface area contributed by atoms with Crippen LogP contribution in [0.3, 0.4) is 0 Å². The number of nitrogen functional groups attached to an aromatic ring is 4. The predicted octanol–water partition coefficient (Wildman–Crippen LogP) is 0.910. The third-order valence-corrected chi connectivity index (χ3v) is 2.25. The van der Waals surface area contributed by atoms with Crippen molar-refractivity contribution in [1.82, 2.24) is 0 Å². The summed E-state index contributed by atoms with van der Waals surface area (Å²) in [7, 11) is 0. The summed E-state index contributed by atoms with van der Waals surface area (Å²) >= 11 is 0. The second kappa shape index (κ2) is 3.45. The summed E-state index contributed by atoms with van der Waals surface area (Å²) in [4.78, 5) is 3.71. The van der Waals surface area contributed by atoms with Crippen LogP contribution in [0.1, 0.15) is 12.5 Å². The van der Waals surface area contributed by atoms with E-state index in [9.17, 15) is 0 Å². The first-order chi connectivity index (χ1) is 6.54. The van der Waals surface area contributed by atoms with Crippen LogP contribution in [0, 0.1) is 0 Å². The number of hydrogen-bond acceptors (Lipinski definition) is 5. The molecule has 0 fully saturated rings. The molecule has 0 aliphatic rings. The highest BCUT2D eigenvalue weighted by molar-refractivity contribution is 5.96. The summed E-state index contributed by atoms with van der Waals surface area (Å²) < 4.78 is 0. The van der Waals surface area contributed by atoms with Crippen LogP contribution >= 0.6 is 0 Å². The molecule has 0 amide bonds. The van der Waals surface area contributed by atoms with Crippen LogP contribution in [0.4, 0.5) is 28.4 Å². The molecular formula is C9H15N5. The minimum atomic E-state index is 0.351. The maximum absolute atomic E-state index is 5.79. The molecule has 0 saturated carbocycles. The summed E-state index contributed by atoms with van der Waals surface area (Å²) in [6.45, 7) is 5.30. The van der Waals surface area contributed by atoms with Gasteiger partial charge in [0.15, 0.2) is 0 Å². The summed E-state index contributed by atoms with van der Waals surface area (Å²) in [6, 6.07) is 0. The van der Waals surface area contributed by atoms with Gasteiger partial charge in [-0.3, -0.25) is 4.99 Å². The van der Waals surface area contributed by atoms with E-state index in [-0.39, 0.29) is 0 Å². The lowest BCUT2D eigenvalue weighted by molar-refractivity contribution is 1.15. The Kier molecular flexibility index (Phi) is 2.51. The van der Waals surface area contributed by atoms with Crippen molar-refractivity contribution in [1.29, 1.82) is 0 Å². The van der Waals surface area contributed by atoms with E-state index in [0.29, 0.717) is 34.9 Å². The SMILES string of the molecule is C=Nc1c(N)c(N)c(CC)c(N)c1N. The highest BCUT2D eigenvalue weighted by Crippen LogP contribution is 2.41. The molecule has 0 heterocycles. The molecule has 0 atom stereocenters. The molecule has 1 aromatic rings. The fourth-order valence-corrected chi connectivity index (χ4v) is 1.42. The van der Waals surface area contributed by atoms with Gasteiger partial charge in [0.05, 0.1) is 22.7 Å². The molecular weight excluding hydrogens is 178 g/mol. The lowest BCUT2D eigenvalue weighted by atomic mass is 10.0. The van der Waals surface area contributed by atoms with Crippen molar-refractivity contribution in [2.75, 3.05) is 22.9 Å². The fraction of sp³-hybridized carbons (Fsp3) is 0.222. The Labute approximate surface area is 82.8 Å². The number of aliphatic imine (C=N–C) groups is 1. The number of nitrogens with zero attached hydrogens (tertiary/aromatic N) is 1. The van der Waals surface area contributed by atoms with Gasteiger partial charge in [-0.25, -0.2) is 0 Å². The monoisotopic (exact) mass is 193 g/mol. The Balaban J connectivity index is 3.63. The Bertz CT molecular complexity index is 354. The maximum atomic E-state index is 5.79. The molecule has 1 rings (SSSR count). The molecule has 8 N–H and O–H groups in total. The Hall–Kier alpha value is -1.91. The first-order valence-corrected chi connectivity index (χ1v) is 4.26. The standard InChI is InChI=1S/C9H15N5/c1-3-4-5(10)7(12)9(14-2)8(13)6(4)11/h2-3,10-13H2,1H3. The lowest BCUT2D eigenvalue weighted by Crippen LogP contribution is -2.07. The normalized spacial score (nSPS) is 10.1. The number of hydrogen-bond donors (Lipinski definition) is 4. The van der Waals surface area contributed by atoms with Crippen LogP contribution in [0.2, 0.25) is 0 Å². The van der Waals surface area contributed by atoms with E-state index in [1.807, 2.05) is 6.92 Å². The van der Waals surface area contributed by atoms with E-state index >= 15 is 0 Å². The molecule has 0 spiro atoms. The van der Waals surface area contributed by atoms with Gasteiger partial charge in [0.25, 0.3) is 0 Å². The number of nitrogens with two attached hydrogens (primary N) is 4. The fourth-order valence-electron chi connectivity index (χ4n) is 1.42. The van der Waals surface area contributed by atoms with Crippen molar-refractivity contribution >= 4 is 35.2 Å². The molecule has 0 bridgehead atoms. The van der Waals surface area contributed by atoms with Gasteiger partial charge in [-0.1, -0.05) is 6.92 Å². The van der Waals surface area contributed by atoms with Gasteiger partial charge >= 0.3 is 0 Å². The molecule has 5 nitrogen and oxygen atoms in total. The smallest absolute Gasteiger partial charge is 0.112 e. The molecule has 14 heavy (non-hydrogen) atoms. The predicted molar refractivity (Wildman–Crippen MR) is 62.7 cm³/mol. The van der Waals surface area contributed by atoms with E-state index < -0.39 is 0 Å². The average molecular weight is 193 g/mol. The van der Waals surface area contributed by atoms with Gasteiger partial charge in [0.2, 0.25) is 0 Å². The zero-order valence-electron chi connectivity index (χ0n) is 8.17. The maximum Gasteiger partial charge on any atom is 0.112 e. The molecule has 76 valence electrons. The van der Waals surface area contributed by atoms with Crippen molar-refractivity contribution in [3.8, 4) is 0 Å². The zero-order chi connectivity index (χ0) is 10.9. The van der Waals surface area contributed by atoms with Gasteiger partial charge in [-0.2, -0.15) is 0 Å².